The molecule has 0 aliphatic heterocycles. The number of benzene rings is 1. The SMILES string of the molecule is O=[N+]([O-])c1cccc(Cl)c1OCc1cccc(Cl)n1. The molecule has 0 radical (unpaired) electrons. The Kier molecular flexibility index (Phi) is 4.19. The lowest BCUT2D eigenvalue weighted by Gasteiger charge is -2.08. The summed E-state index contributed by atoms with van der Waals surface area (Å²) >= 11 is 11.6. The highest BCUT2D eigenvalue weighted by atomic mass is 35.5. The highest BCUT2D eigenvalue weighted by molar-refractivity contribution is 6.32. The second-order valence-electron chi connectivity index (χ2n) is 3.59. The number of rotatable bonds is 4. The van der Waals surface area contributed by atoms with E-state index in [2.05, 4.69) is 4.98 Å². The van der Waals surface area contributed by atoms with Gasteiger partial charge in [0, 0.05) is 6.07 Å². The van der Waals surface area contributed by atoms with E-state index in [1.54, 1.807) is 18.2 Å². The molecule has 0 bridgehead atoms. The van der Waals surface area contributed by atoms with Crippen molar-refractivity contribution in [2.45, 2.75) is 6.61 Å². The second-order valence-corrected chi connectivity index (χ2v) is 4.38. The number of nitrogens with zero attached hydrogens (tertiary/aromatic N) is 2. The first-order valence-corrected chi connectivity index (χ1v) is 6.00. The molecular weight excluding hydrogens is 291 g/mol. The van der Waals surface area contributed by atoms with Crippen LogP contribution in [-0.4, -0.2) is 9.91 Å². The standard InChI is InChI=1S/C12H8Cl2N2O3/c13-9-4-2-5-10(16(17)18)12(9)19-7-8-3-1-6-11(14)15-8/h1-6H,7H2. The first-order chi connectivity index (χ1) is 9.08. The lowest BCUT2D eigenvalue weighted by molar-refractivity contribution is -0.385. The highest BCUT2D eigenvalue weighted by Crippen LogP contribution is 2.34. The van der Waals surface area contributed by atoms with Gasteiger partial charge in [0.1, 0.15) is 11.8 Å². The van der Waals surface area contributed by atoms with E-state index in [-0.39, 0.29) is 23.1 Å². The Balaban J connectivity index is 2.22. The molecule has 0 aliphatic rings. The molecule has 0 atom stereocenters. The molecule has 7 heteroatoms. The quantitative estimate of drug-likeness (QED) is 0.488. The van der Waals surface area contributed by atoms with Crippen LogP contribution in [0.3, 0.4) is 0 Å². The van der Waals surface area contributed by atoms with Crippen molar-refractivity contribution < 1.29 is 9.66 Å². The minimum Gasteiger partial charge on any atom is -0.479 e. The summed E-state index contributed by atoms with van der Waals surface area (Å²) in [5.74, 6) is 0.0240. The molecule has 98 valence electrons. The predicted molar refractivity (Wildman–Crippen MR) is 71.7 cm³/mol. The fourth-order valence-corrected chi connectivity index (χ4v) is 1.87. The van der Waals surface area contributed by atoms with E-state index in [4.69, 9.17) is 27.9 Å². The van der Waals surface area contributed by atoms with Crippen molar-refractivity contribution in [2.75, 3.05) is 0 Å². The third-order valence-electron chi connectivity index (χ3n) is 2.28. The Morgan fingerprint density at radius 1 is 1.21 bits per heavy atom. The summed E-state index contributed by atoms with van der Waals surface area (Å²) in [6.45, 7) is 0.0468. The van der Waals surface area contributed by atoms with Gasteiger partial charge in [0.25, 0.3) is 0 Å². The molecule has 0 fully saturated rings. The van der Waals surface area contributed by atoms with Crippen LogP contribution in [-0.2, 0) is 6.61 Å². The molecule has 0 saturated heterocycles. The normalized spacial score (nSPS) is 10.2. The number of ether oxygens (including phenoxy) is 1. The van der Waals surface area contributed by atoms with Gasteiger partial charge in [-0.25, -0.2) is 4.98 Å². The van der Waals surface area contributed by atoms with Crippen LogP contribution in [0.4, 0.5) is 5.69 Å². The van der Waals surface area contributed by atoms with Gasteiger partial charge in [-0.3, -0.25) is 10.1 Å². The van der Waals surface area contributed by atoms with Crippen LogP contribution in [0.1, 0.15) is 5.69 Å². The summed E-state index contributed by atoms with van der Waals surface area (Å²) in [5, 5.41) is 11.4. The number of halogens is 2. The summed E-state index contributed by atoms with van der Waals surface area (Å²) in [6.07, 6.45) is 0. The summed E-state index contributed by atoms with van der Waals surface area (Å²) in [4.78, 5) is 14.3. The molecule has 1 aromatic heterocycles. The predicted octanol–water partition coefficient (Wildman–Crippen LogP) is 3.88. The molecular formula is C12H8Cl2N2O3. The maximum absolute atomic E-state index is 10.9. The first-order valence-electron chi connectivity index (χ1n) is 5.25. The highest BCUT2D eigenvalue weighted by Gasteiger charge is 2.18. The zero-order chi connectivity index (χ0) is 13.8. The summed E-state index contributed by atoms with van der Waals surface area (Å²) in [6, 6.07) is 9.39. The number of hydrogen-bond acceptors (Lipinski definition) is 4. The molecule has 0 aliphatic carbocycles. The second kappa shape index (κ2) is 5.86. The van der Waals surface area contributed by atoms with Crippen molar-refractivity contribution in [3.05, 3.63) is 62.4 Å². The Hall–Kier alpha value is -1.85. The van der Waals surface area contributed by atoms with Gasteiger partial charge in [0.2, 0.25) is 5.75 Å². The van der Waals surface area contributed by atoms with Crippen molar-refractivity contribution >= 4 is 28.9 Å². The van der Waals surface area contributed by atoms with Crippen LogP contribution in [0.5, 0.6) is 5.75 Å². The lowest BCUT2D eigenvalue weighted by atomic mass is 10.3. The van der Waals surface area contributed by atoms with Crippen molar-refractivity contribution in [1.29, 1.82) is 0 Å². The maximum Gasteiger partial charge on any atom is 0.312 e. The first kappa shape index (κ1) is 13.6. The molecule has 0 saturated carbocycles. The fraction of sp³-hybridized carbons (Fsp3) is 0.0833. The minimum absolute atomic E-state index is 0.0240. The zero-order valence-corrected chi connectivity index (χ0v) is 11.1. The molecule has 2 rings (SSSR count). The number of nitro groups is 1. The van der Waals surface area contributed by atoms with E-state index < -0.39 is 4.92 Å². The van der Waals surface area contributed by atoms with Crippen LogP contribution in [0.15, 0.2) is 36.4 Å². The third-order valence-corrected chi connectivity index (χ3v) is 2.79. The van der Waals surface area contributed by atoms with Crippen molar-refractivity contribution in [2.24, 2.45) is 0 Å². The topological polar surface area (TPSA) is 65.3 Å². The minimum atomic E-state index is -0.549. The molecule has 2 aromatic rings. The molecule has 19 heavy (non-hydrogen) atoms. The molecule has 5 nitrogen and oxygen atoms in total. The van der Waals surface area contributed by atoms with E-state index in [1.807, 2.05) is 0 Å². The van der Waals surface area contributed by atoms with E-state index >= 15 is 0 Å². The van der Waals surface area contributed by atoms with Crippen LogP contribution >= 0.6 is 23.2 Å². The Bertz CT molecular complexity index is 620. The third kappa shape index (κ3) is 3.33. The van der Waals surface area contributed by atoms with Gasteiger partial charge in [-0.1, -0.05) is 35.3 Å². The van der Waals surface area contributed by atoms with Gasteiger partial charge in [0.05, 0.1) is 15.6 Å². The Morgan fingerprint density at radius 3 is 2.63 bits per heavy atom. The van der Waals surface area contributed by atoms with Gasteiger partial charge in [-0.2, -0.15) is 0 Å². The zero-order valence-electron chi connectivity index (χ0n) is 9.55. The van der Waals surface area contributed by atoms with E-state index in [0.29, 0.717) is 10.8 Å². The lowest BCUT2D eigenvalue weighted by Crippen LogP contribution is -2.01. The summed E-state index contributed by atoms with van der Waals surface area (Å²) < 4.78 is 5.38. The number of nitro benzene ring substituents is 1. The summed E-state index contributed by atoms with van der Waals surface area (Å²) in [7, 11) is 0. The van der Waals surface area contributed by atoms with Gasteiger partial charge in [0.15, 0.2) is 0 Å². The molecule has 0 N–H and O–H groups in total. The monoisotopic (exact) mass is 298 g/mol. The van der Waals surface area contributed by atoms with Crippen LogP contribution in [0, 0.1) is 10.1 Å². The Labute approximate surface area is 118 Å². The molecule has 0 amide bonds. The van der Waals surface area contributed by atoms with Crippen molar-refractivity contribution in [3.63, 3.8) is 0 Å². The number of hydrogen-bond donors (Lipinski definition) is 0. The van der Waals surface area contributed by atoms with Gasteiger partial charge >= 0.3 is 5.69 Å². The van der Waals surface area contributed by atoms with Crippen molar-refractivity contribution in [1.82, 2.24) is 4.98 Å². The van der Waals surface area contributed by atoms with Crippen LogP contribution < -0.4 is 4.74 Å². The molecule has 0 unspecified atom stereocenters. The van der Waals surface area contributed by atoms with Gasteiger partial charge < -0.3 is 4.74 Å². The van der Waals surface area contributed by atoms with Crippen LogP contribution in [0.2, 0.25) is 10.2 Å². The molecule has 1 aromatic carbocycles. The van der Waals surface area contributed by atoms with E-state index in [9.17, 15) is 10.1 Å². The molecule has 0 spiro atoms. The average Bonchev–Trinajstić information content (AvgIpc) is 2.37. The van der Waals surface area contributed by atoms with Gasteiger partial charge in [-0.15, -0.1) is 0 Å². The summed E-state index contributed by atoms with van der Waals surface area (Å²) in [5.41, 5.74) is 0.372. The maximum atomic E-state index is 10.9. The smallest absolute Gasteiger partial charge is 0.312 e. The largest absolute Gasteiger partial charge is 0.479 e. The van der Waals surface area contributed by atoms with E-state index in [0.717, 1.165) is 0 Å². The molecule has 1 heterocycles. The number of aromatic nitrogens is 1. The Morgan fingerprint density at radius 2 is 1.95 bits per heavy atom. The van der Waals surface area contributed by atoms with Crippen molar-refractivity contribution in [3.8, 4) is 5.75 Å². The number of para-hydroxylation sites is 1. The van der Waals surface area contributed by atoms with Gasteiger partial charge in [-0.05, 0) is 18.2 Å². The number of pyridine rings is 1. The average molecular weight is 299 g/mol. The van der Waals surface area contributed by atoms with Crippen LogP contribution in [0.25, 0.3) is 0 Å². The van der Waals surface area contributed by atoms with E-state index in [1.165, 1.54) is 18.2 Å². The fourth-order valence-electron chi connectivity index (χ4n) is 1.46.